The van der Waals surface area contributed by atoms with Crippen LogP contribution in [0.15, 0.2) is 53.1 Å². The quantitative estimate of drug-likeness (QED) is 0.572. The molecule has 0 saturated carbocycles. The van der Waals surface area contributed by atoms with Gasteiger partial charge in [-0.1, -0.05) is 29.8 Å². The van der Waals surface area contributed by atoms with Crippen LogP contribution in [-0.2, 0) is 9.53 Å². The average molecular weight is 392 g/mol. The topological polar surface area (TPSA) is 66.8 Å². The summed E-state index contributed by atoms with van der Waals surface area (Å²) in [6.07, 6.45) is 0.597. The van der Waals surface area contributed by atoms with Gasteiger partial charge >= 0.3 is 0 Å². The number of thiophene rings is 1. The normalized spacial score (nSPS) is 17.2. The standard InChI is InChI=1S/C19H18ClNO4S/c1-25-10-3-9-21-16(12-5-7-13(20)8-6-12)15(18(23)19(21)24)17(22)14-4-2-11-26-14/h2,4-8,11,16,23H,3,9-10H2,1H3. The zero-order valence-corrected chi connectivity index (χ0v) is 15.7. The van der Waals surface area contributed by atoms with Crippen LogP contribution in [0.4, 0.5) is 0 Å². The second kappa shape index (κ2) is 8.03. The number of carbonyl (C=O) groups is 2. The molecule has 1 aromatic carbocycles. The Balaban J connectivity index is 2.02. The Labute approximate surface area is 160 Å². The highest BCUT2D eigenvalue weighted by Crippen LogP contribution is 2.39. The molecule has 0 bridgehead atoms. The number of ketones is 1. The molecule has 7 heteroatoms. The first-order valence-corrected chi connectivity index (χ1v) is 9.37. The Morgan fingerprint density at radius 3 is 2.65 bits per heavy atom. The monoisotopic (exact) mass is 391 g/mol. The van der Waals surface area contributed by atoms with E-state index in [1.807, 2.05) is 0 Å². The van der Waals surface area contributed by atoms with Crippen molar-refractivity contribution >= 4 is 34.6 Å². The fourth-order valence-electron chi connectivity index (χ4n) is 3.03. The number of carbonyl (C=O) groups excluding carboxylic acids is 2. The lowest BCUT2D eigenvalue weighted by Crippen LogP contribution is -2.32. The van der Waals surface area contributed by atoms with Crippen LogP contribution in [0.2, 0.25) is 5.02 Å². The number of rotatable bonds is 7. The van der Waals surface area contributed by atoms with Gasteiger partial charge in [0.05, 0.1) is 16.5 Å². The molecule has 26 heavy (non-hydrogen) atoms. The molecule has 0 saturated heterocycles. The molecule has 1 N–H and O–H groups in total. The number of amides is 1. The van der Waals surface area contributed by atoms with Crippen molar-refractivity contribution in [2.75, 3.05) is 20.3 Å². The van der Waals surface area contributed by atoms with Crippen molar-refractivity contribution in [2.45, 2.75) is 12.5 Å². The molecule has 1 atom stereocenters. The first-order chi connectivity index (χ1) is 12.5. The maximum Gasteiger partial charge on any atom is 0.290 e. The highest BCUT2D eigenvalue weighted by Gasteiger charge is 2.43. The zero-order valence-electron chi connectivity index (χ0n) is 14.1. The molecule has 5 nitrogen and oxygen atoms in total. The SMILES string of the molecule is COCCCN1C(=O)C(O)=C(C(=O)c2cccs2)C1c1ccc(Cl)cc1. The average Bonchev–Trinajstić information content (AvgIpc) is 3.25. The third-order valence-electron chi connectivity index (χ3n) is 4.23. The fraction of sp³-hybridized carbons (Fsp3) is 0.263. The molecule has 2 aromatic rings. The van der Waals surface area contributed by atoms with E-state index in [1.165, 1.54) is 16.2 Å². The first kappa shape index (κ1) is 18.6. The number of benzene rings is 1. The lowest BCUT2D eigenvalue weighted by molar-refractivity contribution is -0.129. The molecule has 1 aliphatic rings. The van der Waals surface area contributed by atoms with Crippen LogP contribution < -0.4 is 0 Å². The van der Waals surface area contributed by atoms with Crippen LogP contribution in [0.3, 0.4) is 0 Å². The van der Waals surface area contributed by atoms with Crippen molar-refractivity contribution in [2.24, 2.45) is 0 Å². The Hall–Kier alpha value is -2.15. The number of aliphatic hydroxyl groups excluding tert-OH is 1. The largest absolute Gasteiger partial charge is 0.503 e. The van der Waals surface area contributed by atoms with E-state index in [0.29, 0.717) is 29.5 Å². The van der Waals surface area contributed by atoms with Crippen molar-refractivity contribution < 1.29 is 19.4 Å². The summed E-state index contributed by atoms with van der Waals surface area (Å²) >= 11 is 7.25. The molecule has 136 valence electrons. The van der Waals surface area contributed by atoms with Crippen LogP contribution in [-0.4, -0.2) is 42.0 Å². The van der Waals surface area contributed by atoms with E-state index in [1.54, 1.807) is 48.9 Å². The zero-order chi connectivity index (χ0) is 18.7. The third-order valence-corrected chi connectivity index (χ3v) is 5.35. The summed E-state index contributed by atoms with van der Waals surface area (Å²) in [6, 6.07) is 9.75. The predicted molar refractivity (Wildman–Crippen MR) is 101 cm³/mol. The number of Topliss-reactive ketones (excluding diaryl/α,β-unsaturated/α-hetero) is 1. The van der Waals surface area contributed by atoms with Crippen molar-refractivity contribution in [3.8, 4) is 0 Å². The van der Waals surface area contributed by atoms with Crippen molar-refractivity contribution in [1.82, 2.24) is 4.90 Å². The van der Waals surface area contributed by atoms with Gasteiger partial charge in [-0.2, -0.15) is 0 Å². The van der Waals surface area contributed by atoms with Crippen molar-refractivity contribution in [1.29, 1.82) is 0 Å². The van der Waals surface area contributed by atoms with Crippen LogP contribution >= 0.6 is 22.9 Å². The highest BCUT2D eigenvalue weighted by molar-refractivity contribution is 7.12. The summed E-state index contributed by atoms with van der Waals surface area (Å²) in [7, 11) is 1.59. The van der Waals surface area contributed by atoms with Crippen LogP contribution in [0.25, 0.3) is 0 Å². The van der Waals surface area contributed by atoms with E-state index in [4.69, 9.17) is 16.3 Å². The third kappa shape index (κ3) is 3.53. The van der Waals surface area contributed by atoms with E-state index in [2.05, 4.69) is 0 Å². The molecule has 0 fully saturated rings. The number of hydrogen-bond donors (Lipinski definition) is 1. The molecular formula is C19H18ClNO4S. The molecular weight excluding hydrogens is 374 g/mol. The lowest BCUT2D eigenvalue weighted by atomic mass is 9.95. The summed E-state index contributed by atoms with van der Waals surface area (Å²) in [5.74, 6) is -1.36. The van der Waals surface area contributed by atoms with Crippen molar-refractivity contribution in [3.05, 3.63) is 68.6 Å². The minimum atomic E-state index is -0.647. The van der Waals surface area contributed by atoms with Gasteiger partial charge in [0.1, 0.15) is 0 Å². The van der Waals surface area contributed by atoms with E-state index < -0.39 is 17.7 Å². The van der Waals surface area contributed by atoms with Gasteiger partial charge in [-0.25, -0.2) is 0 Å². The van der Waals surface area contributed by atoms with Gasteiger partial charge in [-0.15, -0.1) is 11.3 Å². The Morgan fingerprint density at radius 1 is 1.31 bits per heavy atom. The van der Waals surface area contributed by atoms with E-state index in [-0.39, 0.29) is 11.4 Å². The summed E-state index contributed by atoms with van der Waals surface area (Å²) in [5, 5.41) is 12.8. The molecule has 0 aliphatic carbocycles. The highest BCUT2D eigenvalue weighted by atomic mass is 35.5. The van der Waals surface area contributed by atoms with Crippen LogP contribution in [0.5, 0.6) is 0 Å². The first-order valence-electron chi connectivity index (χ1n) is 8.11. The van der Waals surface area contributed by atoms with Gasteiger partial charge in [0.25, 0.3) is 5.91 Å². The fourth-order valence-corrected chi connectivity index (χ4v) is 3.83. The van der Waals surface area contributed by atoms with Gasteiger partial charge in [0.2, 0.25) is 5.78 Å². The number of nitrogens with zero attached hydrogens (tertiary/aromatic N) is 1. The Bertz CT molecular complexity index is 830. The summed E-state index contributed by atoms with van der Waals surface area (Å²) in [4.78, 5) is 27.6. The minimum Gasteiger partial charge on any atom is -0.503 e. The molecule has 0 spiro atoms. The van der Waals surface area contributed by atoms with E-state index in [0.717, 1.165) is 5.56 Å². The number of aliphatic hydroxyl groups is 1. The molecule has 1 unspecified atom stereocenters. The van der Waals surface area contributed by atoms with E-state index in [9.17, 15) is 14.7 Å². The Morgan fingerprint density at radius 2 is 2.04 bits per heavy atom. The van der Waals surface area contributed by atoms with Gasteiger partial charge in [-0.3, -0.25) is 9.59 Å². The number of halogens is 1. The van der Waals surface area contributed by atoms with Crippen molar-refractivity contribution in [3.63, 3.8) is 0 Å². The number of hydrogen-bond acceptors (Lipinski definition) is 5. The molecule has 3 rings (SSSR count). The van der Waals surface area contributed by atoms with Crippen LogP contribution in [0.1, 0.15) is 27.7 Å². The summed E-state index contributed by atoms with van der Waals surface area (Å²) < 4.78 is 5.06. The predicted octanol–water partition coefficient (Wildman–Crippen LogP) is 4.02. The Kier molecular flexibility index (Phi) is 5.76. The second-order valence-electron chi connectivity index (χ2n) is 5.87. The maximum absolute atomic E-state index is 13.0. The van der Waals surface area contributed by atoms with Gasteiger partial charge in [0.15, 0.2) is 5.76 Å². The number of methoxy groups -OCH3 is 1. The van der Waals surface area contributed by atoms with Gasteiger partial charge < -0.3 is 14.7 Å². The summed E-state index contributed by atoms with van der Waals surface area (Å²) in [6.45, 7) is 0.845. The maximum atomic E-state index is 13.0. The second-order valence-corrected chi connectivity index (χ2v) is 7.25. The minimum absolute atomic E-state index is 0.109. The number of ether oxygens (including phenoxy) is 1. The molecule has 1 aliphatic heterocycles. The lowest BCUT2D eigenvalue weighted by Gasteiger charge is -2.26. The van der Waals surface area contributed by atoms with Crippen LogP contribution in [0, 0.1) is 0 Å². The van der Waals surface area contributed by atoms with E-state index >= 15 is 0 Å². The molecule has 1 aromatic heterocycles. The smallest absolute Gasteiger partial charge is 0.290 e. The van der Waals surface area contributed by atoms with Gasteiger partial charge in [-0.05, 0) is 35.6 Å². The molecule has 2 heterocycles. The summed E-state index contributed by atoms with van der Waals surface area (Å²) in [5.41, 5.74) is 0.835. The molecule has 1 amide bonds. The van der Waals surface area contributed by atoms with Gasteiger partial charge in [0, 0.05) is 25.3 Å². The molecule has 0 radical (unpaired) electrons.